The van der Waals surface area contributed by atoms with Crippen LogP contribution < -0.4 is 15.4 Å². The van der Waals surface area contributed by atoms with Crippen molar-refractivity contribution in [3.8, 4) is 5.75 Å². The van der Waals surface area contributed by atoms with Crippen molar-refractivity contribution in [2.75, 3.05) is 13.1 Å². The minimum atomic E-state index is -0.405. The van der Waals surface area contributed by atoms with Crippen molar-refractivity contribution < 1.29 is 13.9 Å². The van der Waals surface area contributed by atoms with E-state index in [4.69, 9.17) is 4.74 Å². The summed E-state index contributed by atoms with van der Waals surface area (Å²) in [7, 11) is 0. The van der Waals surface area contributed by atoms with Gasteiger partial charge in [0.15, 0.2) is 11.6 Å². The summed E-state index contributed by atoms with van der Waals surface area (Å²) in [6.07, 6.45) is -0.297. The SMILES string of the molecule is CCNC(=O)NC[C@@H](C)Oc1ccccc1F. The van der Waals surface area contributed by atoms with Crippen LogP contribution in [0.2, 0.25) is 0 Å². The quantitative estimate of drug-likeness (QED) is 0.826. The number of ether oxygens (including phenoxy) is 1. The first-order valence-corrected chi connectivity index (χ1v) is 5.56. The molecule has 1 atom stereocenters. The second kappa shape index (κ2) is 6.73. The number of hydrogen-bond donors (Lipinski definition) is 2. The van der Waals surface area contributed by atoms with Crippen molar-refractivity contribution in [1.82, 2.24) is 10.6 Å². The van der Waals surface area contributed by atoms with Gasteiger partial charge in [0.25, 0.3) is 0 Å². The molecular weight excluding hydrogens is 223 g/mol. The highest BCUT2D eigenvalue weighted by molar-refractivity contribution is 5.73. The lowest BCUT2D eigenvalue weighted by molar-refractivity contribution is 0.201. The summed E-state index contributed by atoms with van der Waals surface area (Å²) in [5.41, 5.74) is 0. The predicted molar refractivity (Wildman–Crippen MR) is 63.6 cm³/mol. The van der Waals surface area contributed by atoms with Crippen LogP contribution in [0.3, 0.4) is 0 Å². The zero-order valence-electron chi connectivity index (χ0n) is 10.00. The molecular formula is C12H17FN2O2. The molecule has 0 unspecified atom stereocenters. The summed E-state index contributed by atoms with van der Waals surface area (Å²) < 4.78 is 18.6. The van der Waals surface area contributed by atoms with Gasteiger partial charge in [-0.05, 0) is 26.0 Å². The highest BCUT2D eigenvalue weighted by atomic mass is 19.1. The van der Waals surface area contributed by atoms with Crippen molar-refractivity contribution in [3.05, 3.63) is 30.1 Å². The number of carbonyl (C=O) groups is 1. The Balaban J connectivity index is 2.37. The molecule has 1 rings (SSSR count). The fourth-order valence-corrected chi connectivity index (χ4v) is 1.26. The lowest BCUT2D eigenvalue weighted by Crippen LogP contribution is -2.40. The average molecular weight is 240 g/mol. The van der Waals surface area contributed by atoms with E-state index in [-0.39, 0.29) is 17.9 Å². The van der Waals surface area contributed by atoms with Crippen LogP contribution in [0.5, 0.6) is 5.75 Å². The Kier molecular flexibility index (Phi) is 5.26. The van der Waals surface area contributed by atoms with Crippen molar-refractivity contribution in [1.29, 1.82) is 0 Å². The molecule has 0 fully saturated rings. The van der Waals surface area contributed by atoms with E-state index in [1.807, 2.05) is 6.92 Å². The van der Waals surface area contributed by atoms with Crippen LogP contribution in [0.1, 0.15) is 13.8 Å². The maximum Gasteiger partial charge on any atom is 0.314 e. The Morgan fingerprint density at radius 3 is 2.76 bits per heavy atom. The molecule has 1 aromatic carbocycles. The van der Waals surface area contributed by atoms with Gasteiger partial charge in [0.05, 0.1) is 6.54 Å². The molecule has 0 saturated carbocycles. The second-order valence-electron chi connectivity index (χ2n) is 3.60. The lowest BCUT2D eigenvalue weighted by atomic mass is 10.3. The number of rotatable bonds is 5. The van der Waals surface area contributed by atoms with Crippen LogP contribution in [0.25, 0.3) is 0 Å². The van der Waals surface area contributed by atoms with Gasteiger partial charge in [-0.25, -0.2) is 9.18 Å². The van der Waals surface area contributed by atoms with Crippen LogP contribution >= 0.6 is 0 Å². The molecule has 0 heterocycles. The van der Waals surface area contributed by atoms with Gasteiger partial charge in [0, 0.05) is 6.54 Å². The van der Waals surface area contributed by atoms with Crippen LogP contribution in [-0.2, 0) is 0 Å². The Hall–Kier alpha value is -1.78. The molecule has 0 aliphatic heterocycles. The number of halogens is 1. The Morgan fingerprint density at radius 1 is 1.41 bits per heavy atom. The molecule has 0 radical (unpaired) electrons. The molecule has 0 spiro atoms. The number of para-hydroxylation sites is 1. The number of amides is 2. The topological polar surface area (TPSA) is 50.4 Å². The third kappa shape index (κ3) is 4.72. The number of nitrogens with one attached hydrogen (secondary N) is 2. The number of hydrogen-bond acceptors (Lipinski definition) is 2. The fraction of sp³-hybridized carbons (Fsp3) is 0.417. The minimum absolute atomic E-state index is 0.192. The molecule has 2 amide bonds. The number of urea groups is 1. The van der Waals surface area contributed by atoms with E-state index in [0.29, 0.717) is 13.1 Å². The third-order valence-electron chi connectivity index (χ3n) is 2.05. The van der Waals surface area contributed by atoms with E-state index in [9.17, 15) is 9.18 Å². The smallest absolute Gasteiger partial charge is 0.314 e. The van der Waals surface area contributed by atoms with E-state index in [1.54, 1.807) is 25.1 Å². The molecule has 94 valence electrons. The van der Waals surface area contributed by atoms with E-state index in [2.05, 4.69) is 10.6 Å². The first kappa shape index (κ1) is 13.3. The Bertz CT molecular complexity index is 371. The van der Waals surface area contributed by atoms with E-state index < -0.39 is 5.82 Å². The van der Waals surface area contributed by atoms with Gasteiger partial charge in [-0.2, -0.15) is 0 Å². The van der Waals surface area contributed by atoms with Gasteiger partial charge in [-0.1, -0.05) is 12.1 Å². The maximum atomic E-state index is 13.2. The van der Waals surface area contributed by atoms with Crippen LogP contribution in [0.4, 0.5) is 9.18 Å². The monoisotopic (exact) mass is 240 g/mol. The predicted octanol–water partition coefficient (Wildman–Crippen LogP) is 1.91. The van der Waals surface area contributed by atoms with Crippen molar-refractivity contribution in [3.63, 3.8) is 0 Å². The van der Waals surface area contributed by atoms with Gasteiger partial charge < -0.3 is 15.4 Å². The summed E-state index contributed by atoms with van der Waals surface area (Å²) in [5.74, 6) is -0.213. The summed E-state index contributed by atoms with van der Waals surface area (Å²) in [6, 6.07) is 5.93. The lowest BCUT2D eigenvalue weighted by Gasteiger charge is -2.15. The zero-order valence-corrected chi connectivity index (χ0v) is 10.00. The Labute approximate surface area is 100 Å². The molecule has 5 heteroatoms. The van der Waals surface area contributed by atoms with Crippen LogP contribution in [0, 0.1) is 5.82 Å². The molecule has 2 N–H and O–H groups in total. The molecule has 17 heavy (non-hydrogen) atoms. The Morgan fingerprint density at radius 2 is 2.12 bits per heavy atom. The summed E-state index contributed by atoms with van der Waals surface area (Å²) in [4.78, 5) is 11.1. The third-order valence-corrected chi connectivity index (χ3v) is 2.05. The summed E-state index contributed by atoms with van der Waals surface area (Å²) in [5, 5.41) is 5.22. The van der Waals surface area contributed by atoms with Gasteiger partial charge in [0.1, 0.15) is 6.10 Å². The van der Waals surface area contributed by atoms with Crippen molar-refractivity contribution >= 4 is 6.03 Å². The van der Waals surface area contributed by atoms with E-state index in [0.717, 1.165) is 0 Å². The van der Waals surface area contributed by atoms with Gasteiger partial charge in [-0.15, -0.1) is 0 Å². The normalized spacial score (nSPS) is 11.7. The molecule has 0 saturated heterocycles. The molecule has 0 bridgehead atoms. The zero-order chi connectivity index (χ0) is 12.7. The highest BCUT2D eigenvalue weighted by Crippen LogP contribution is 2.16. The standard InChI is InChI=1S/C12H17FN2O2/c1-3-14-12(16)15-8-9(2)17-11-7-5-4-6-10(11)13/h4-7,9H,3,8H2,1-2H3,(H2,14,15,16)/t9-/m1/s1. The van der Waals surface area contributed by atoms with Crippen LogP contribution in [0.15, 0.2) is 24.3 Å². The maximum absolute atomic E-state index is 13.2. The molecule has 0 aliphatic carbocycles. The van der Waals surface area contributed by atoms with Gasteiger partial charge in [-0.3, -0.25) is 0 Å². The fourth-order valence-electron chi connectivity index (χ4n) is 1.26. The van der Waals surface area contributed by atoms with Gasteiger partial charge in [0.2, 0.25) is 0 Å². The van der Waals surface area contributed by atoms with Crippen LogP contribution in [-0.4, -0.2) is 25.2 Å². The summed E-state index contributed by atoms with van der Waals surface area (Å²) in [6.45, 7) is 4.48. The number of benzene rings is 1. The van der Waals surface area contributed by atoms with Crippen molar-refractivity contribution in [2.45, 2.75) is 20.0 Å². The summed E-state index contributed by atoms with van der Waals surface area (Å²) >= 11 is 0. The molecule has 1 aromatic rings. The molecule has 0 aromatic heterocycles. The number of carbonyl (C=O) groups excluding carboxylic acids is 1. The van der Waals surface area contributed by atoms with E-state index >= 15 is 0 Å². The molecule has 4 nitrogen and oxygen atoms in total. The minimum Gasteiger partial charge on any atom is -0.486 e. The molecule has 0 aliphatic rings. The second-order valence-corrected chi connectivity index (χ2v) is 3.60. The largest absolute Gasteiger partial charge is 0.486 e. The highest BCUT2D eigenvalue weighted by Gasteiger charge is 2.08. The van der Waals surface area contributed by atoms with E-state index in [1.165, 1.54) is 6.07 Å². The first-order chi connectivity index (χ1) is 8.13. The van der Waals surface area contributed by atoms with Gasteiger partial charge >= 0.3 is 6.03 Å². The van der Waals surface area contributed by atoms with Crippen molar-refractivity contribution in [2.24, 2.45) is 0 Å². The average Bonchev–Trinajstić information content (AvgIpc) is 2.30. The first-order valence-electron chi connectivity index (χ1n) is 5.56.